The molecular weight excluding hydrogens is 554 g/mol. The summed E-state index contributed by atoms with van der Waals surface area (Å²) in [5.41, 5.74) is 5.68. The monoisotopic (exact) mass is 583 g/mol. The number of nitrogens with zero attached hydrogens (tertiary/aromatic N) is 4. The molecule has 3 aromatic rings. The molecular formula is C31H29N5O7. The van der Waals surface area contributed by atoms with Gasteiger partial charge in [-0.1, -0.05) is 0 Å². The number of benzene rings is 2. The number of likely N-dealkylation sites (N-methyl/N-ethyl adjacent to an activating group) is 1. The van der Waals surface area contributed by atoms with Crippen molar-refractivity contribution in [3.63, 3.8) is 0 Å². The minimum Gasteiger partial charge on any atom is -0.435 e. The van der Waals surface area contributed by atoms with Crippen molar-refractivity contribution < 1.29 is 33.5 Å². The van der Waals surface area contributed by atoms with E-state index in [1.54, 1.807) is 44.4 Å². The summed E-state index contributed by atoms with van der Waals surface area (Å²) in [7, 11) is 6.75. The molecule has 1 aromatic heterocycles. The zero-order valence-corrected chi connectivity index (χ0v) is 24.0. The number of hydrogen-bond donors (Lipinski definition) is 2. The highest BCUT2D eigenvalue weighted by Crippen LogP contribution is 2.51. The second-order valence-electron chi connectivity index (χ2n) is 12.0. The first-order valence-corrected chi connectivity index (χ1v) is 13.8. The maximum Gasteiger partial charge on any atom is 0.235 e. The number of amides is 1. The Morgan fingerprint density at radius 1 is 1.12 bits per heavy atom. The van der Waals surface area contributed by atoms with Crippen LogP contribution in [-0.2, 0) is 25.6 Å². The number of hydrogen-bond acceptors (Lipinski definition) is 11. The van der Waals surface area contributed by atoms with Crippen molar-refractivity contribution in [3.8, 4) is 17.5 Å². The van der Waals surface area contributed by atoms with Crippen molar-refractivity contribution in [2.45, 2.75) is 24.5 Å². The van der Waals surface area contributed by atoms with E-state index in [-0.39, 0.29) is 29.9 Å². The van der Waals surface area contributed by atoms with E-state index in [4.69, 9.17) is 15.4 Å². The number of rotatable bonds is 4. The third kappa shape index (κ3) is 3.88. The van der Waals surface area contributed by atoms with Crippen molar-refractivity contribution in [2.75, 3.05) is 33.1 Å². The first-order chi connectivity index (χ1) is 20.3. The van der Waals surface area contributed by atoms with Gasteiger partial charge in [-0.3, -0.25) is 28.9 Å². The lowest BCUT2D eigenvalue weighted by Gasteiger charge is -2.52. The summed E-state index contributed by atoms with van der Waals surface area (Å²) in [4.78, 5) is 75.4. The highest BCUT2D eigenvalue weighted by atomic mass is 16.3. The molecule has 6 atom stereocenters. The highest BCUT2D eigenvalue weighted by molar-refractivity contribution is 6.32. The van der Waals surface area contributed by atoms with Gasteiger partial charge in [0.05, 0.1) is 29.2 Å². The number of anilines is 1. The summed E-state index contributed by atoms with van der Waals surface area (Å²) < 4.78 is 6.12. The topological polar surface area (TPSA) is 188 Å². The second kappa shape index (κ2) is 9.65. The van der Waals surface area contributed by atoms with Crippen molar-refractivity contribution >= 4 is 45.8 Å². The Labute approximate surface area is 246 Å². The van der Waals surface area contributed by atoms with Gasteiger partial charge >= 0.3 is 0 Å². The van der Waals surface area contributed by atoms with Crippen molar-refractivity contribution in [1.82, 2.24) is 9.88 Å². The maximum absolute atomic E-state index is 14.3. The van der Waals surface area contributed by atoms with Crippen LogP contribution in [0.4, 0.5) is 5.69 Å². The molecule has 0 bridgehead atoms. The summed E-state index contributed by atoms with van der Waals surface area (Å²) in [6.07, 6.45) is 0.254. The highest BCUT2D eigenvalue weighted by Gasteiger charge is 2.69. The molecule has 3 aliphatic rings. The standard InChI is InChI=1S/C31H29N5O7/c1-35(2)19-11-18-26(43-30(34-18)14-7-5-13(12-32)6-8-14)21-16(19)9-15-10-17-23(36(3)4)25(38)22(29(33)41)28(40)31(17,42)27(39)20(15)24(21)37/h5-8,11,15,17,20,22-23,42H,9-10H2,1-4H3,(H2,33,41)/t15-,17-,20?,22?,23-,31-/m0/s1. The maximum atomic E-state index is 14.3. The van der Waals surface area contributed by atoms with Crippen molar-refractivity contribution in [1.29, 1.82) is 5.26 Å². The number of oxazole rings is 1. The summed E-state index contributed by atoms with van der Waals surface area (Å²) in [6.45, 7) is 0. The number of ketones is 4. The molecule has 2 unspecified atom stereocenters. The van der Waals surface area contributed by atoms with Gasteiger partial charge in [-0.25, -0.2) is 4.98 Å². The number of fused-ring (bicyclic) bond motifs is 5. The lowest BCUT2D eigenvalue weighted by molar-refractivity contribution is -0.181. The third-order valence-corrected chi connectivity index (χ3v) is 9.16. The quantitative estimate of drug-likeness (QED) is 0.416. The molecule has 2 fully saturated rings. The molecule has 0 radical (unpaired) electrons. The molecule has 2 saturated carbocycles. The largest absolute Gasteiger partial charge is 0.435 e. The molecule has 6 rings (SSSR count). The molecule has 1 heterocycles. The van der Waals surface area contributed by atoms with Gasteiger partial charge in [-0.2, -0.15) is 5.26 Å². The smallest absolute Gasteiger partial charge is 0.235 e. The van der Waals surface area contributed by atoms with E-state index in [9.17, 15) is 29.1 Å². The molecule has 12 nitrogen and oxygen atoms in total. The Kier molecular flexibility index (Phi) is 6.37. The minimum atomic E-state index is -2.75. The Hall–Kier alpha value is -4.73. The first-order valence-electron chi connectivity index (χ1n) is 13.8. The summed E-state index contributed by atoms with van der Waals surface area (Å²) >= 11 is 0. The molecule has 12 heteroatoms. The number of aliphatic hydroxyl groups is 1. The van der Waals surface area contributed by atoms with Crippen LogP contribution in [0, 0.1) is 35.0 Å². The molecule has 3 aliphatic carbocycles. The minimum absolute atomic E-state index is 0.0156. The number of primary amides is 1. The average Bonchev–Trinajstić information content (AvgIpc) is 3.38. The first kappa shape index (κ1) is 28.4. The van der Waals surface area contributed by atoms with Crippen LogP contribution in [0.15, 0.2) is 34.7 Å². The number of nitriles is 1. The fourth-order valence-electron chi connectivity index (χ4n) is 7.25. The van der Waals surface area contributed by atoms with Gasteiger partial charge in [-0.05, 0) is 68.8 Å². The van der Waals surface area contributed by atoms with Gasteiger partial charge in [-0.15, -0.1) is 0 Å². The van der Waals surface area contributed by atoms with Gasteiger partial charge < -0.3 is 20.2 Å². The number of aromatic nitrogens is 1. The van der Waals surface area contributed by atoms with Gasteiger partial charge in [0.15, 0.2) is 40.2 Å². The van der Waals surface area contributed by atoms with Crippen LogP contribution in [0.2, 0.25) is 0 Å². The summed E-state index contributed by atoms with van der Waals surface area (Å²) in [5, 5.41) is 21.0. The molecule has 220 valence electrons. The Morgan fingerprint density at radius 2 is 1.79 bits per heavy atom. The normalized spacial score (nSPS) is 28.3. The summed E-state index contributed by atoms with van der Waals surface area (Å²) in [6, 6.07) is 9.29. The van der Waals surface area contributed by atoms with E-state index in [2.05, 4.69) is 11.1 Å². The zero-order chi connectivity index (χ0) is 31.1. The van der Waals surface area contributed by atoms with Crippen LogP contribution in [0.25, 0.3) is 22.6 Å². The number of Topliss-reactive ketones (excluding diaryl/α,β-unsaturated/α-hetero) is 4. The number of carbonyl (C=O) groups excluding carboxylic acids is 5. The van der Waals surface area contributed by atoms with Gasteiger partial charge in [0.2, 0.25) is 11.8 Å². The molecule has 0 saturated heterocycles. The van der Waals surface area contributed by atoms with Crippen LogP contribution in [0.1, 0.15) is 27.9 Å². The molecule has 0 aliphatic heterocycles. The molecule has 2 aromatic carbocycles. The number of nitrogens with two attached hydrogens (primary N) is 1. The molecule has 1 amide bonds. The molecule has 0 spiro atoms. The fraction of sp³-hybridized carbons (Fsp3) is 0.387. The predicted octanol–water partition coefficient (Wildman–Crippen LogP) is 0.907. The van der Waals surface area contributed by atoms with E-state index in [1.165, 1.54) is 4.90 Å². The Balaban J connectivity index is 1.52. The van der Waals surface area contributed by atoms with E-state index in [0.717, 1.165) is 0 Å². The van der Waals surface area contributed by atoms with E-state index in [0.29, 0.717) is 27.9 Å². The van der Waals surface area contributed by atoms with Crippen LogP contribution >= 0.6 is 0 Å². The zero-order valence-electron chi connectivity index (χ0n) is 24.0. The van der Waals surface area contributed by atoms with Crippen LogP contribution < -0.4 is 10.6 Å². The van der Waals surface area contributed by atoms with Gasteiger partial charge in [0, 0.05) is 31.3 Å². The Bertz CT molecular complexity index is 1800. The second-order valence-corrected chi connectivity index (χ2v) is 12.0. The third-order valence-electron chi connectivity index (χ3n) is 9.16. The SMILES string of the molecule is CN(C)c1cc2nc(-c3ccc(C#N)cc3)oc2c2c1C[C@H]1C[C@H]3[C@H](N(C)C)C(=O)C(C(N)=O)C(=O)[C@@]3(O)C(=O)C1C2=O. The lowest BCUT2D eigenvalue weighted by atomic mass is 9.52. The fourth-order valence-corrected chi connectivity index (χ4v) is 7.25. The predicted molar refractivity (Wildman–Crippen MR) is 152 cm³/mol. The lowest BCUT2D eigenvalue weighted by Crippen LogP contribution is -2.74. The van der Waals surface area contributed by atoms with Crippen LogP contribution in [0.3, 0.4) is 0 Å². The van der Waals surface area contributed by atoms with Crippen LogP contribution in [0.5, 0.6) is 0 Å². The van der Waals surface area contributed by atoms with Crippen LogP contribution in [-0.4, -0.2) is 83.9 Å². The van der Waals surface area contributed by atoms with Crippen molar-refractivity contribution in [2.24, 2.45) is 29.4 Å². The van der Waals surface area contributed by atoms with E-state index >= 15 is 0 Å². The van der Waals surface area contributed by atoms with E-state index < -0.39 is 64.4 Å². The average molecular weight is 584 g/mol. The summed E-state index contributed by atoms with van der Waals surface area (Å²) in [5.74, 6) is -9.94. The Morgan fingerprint density at radius 3 is 2.37 bits per heavy atom. The molecule has 43 heavy (non-hydrogen) atoms. The molecule has 3 N–H and O–H groups in total. The van der Waals surface area contributed by atoms with Gasteiger partial charge in [0.1, 0.15) is 5.52 Å². The van der Waals surface area contributed by atoms with Crippen molar-refractivity contribution in [3.05, 3.63) is 47.0 Å². The van der Waals surface area contributed by atoms with E-state index in [1.807, 2.05) is 19.0 Å². The van der Waals surface area contributed by atoms with Gasteiger partial charge in [0.25, 0.3) is 0 Å². The number of carbonyl (C=O) groups is 5.